The molecular formula is C25H34BrF2N3OS. The van der Waals surface area contributed by atoms with Crippen molar-refractivity contribution in [3.05, 3.63) is 52.6 Å². The molecule has 0 saturated carbocycles. The Balaban J connectivity index is 0.000000914. The number of piperazine rings is 1. The molecule has 4 nitrogen and oxygen atoms in total. The first kappa shape index (κ1) is 27.5. The van der Waals surface area contributed by atoms with Crippen molar-refractivity contribution >= 4 is 44.5 Å². The Morgan fingerprint density at radius 3 is 2.24 bits per heavy atom. The van der Waals surface area contributed by atoms with Gasteiger partial charge in [-0.05, 0) is 49.3 Å². The second-order valence-corrected chi connectivity index (χ2v) is 9.05. The van der Waals surface area contributed by atoms with E-state index in [0.717, 1.165) is 52.5 Å². The average molecular weight is 543 g/mol. The minimum atomic E-state index is -2.52. The summed E-state index contributed by atoms with van der Waals surface area (Å²) in [7, 11) is 3.80. The molecule has 0 unspecified atom stereocenters. The Kier molecular flexibility index (Phi) is 11.0. The Morgan fingerprint density at radius 2 is 1.64 bits per heavy atom. The van der Waals surface area contributed by atoms with Crippen LogP contribution in [0.15, 0.2) is 52.0 Å². The van der Waals surface area contributed by atoms with E-state index in [9.17, 15) is 8.78 Å². The zero-order valence-electron chi connectivity index (χ0n) is 20.2. The van der Waals surface area contributed by atoms with Crippen LogP contribution >= 0.6 is 27.9 Å². The first-order valence-electron chi connectivity index (χ1n) is 11.3. The largest absolute Gasteiger partial charge is 0.495 e. The van der Waals surface area contributed by atoms with Crippen LogP contribution in [0, 0.1) is 0 Å². The molecule has 0 radical (unpaired) electrons. The maximum absolute atomic E-state index is 13.5. The van der Waals surface area contributed by atoms with Crippen molar-refractivity contribution in [3.8, 4) is 5.75 Å². The minimum absolute atomic E-state index is 0.0489. The highest BCUT2D eigenvalue weighted by Crippen LogP contribution is 2.38. The summed E-state index contributed by atoms with van der Waals surface area (Å²) in [5.74, 6) is 0.826. The van der Waals surface area contributed by atoms with Crippen molar-refractivity contribution in [1.29, 1.82) is 0 Å². The van der Waals surface area contributed by atoms with E-state index < -0.39 is 6.43 Å². The van der Waals surface area contributed by atoms with Crippen molar-refractivity contribution in [3.63, 3.8) is 0 Å². The molecule has 4 rings (SSSR count). The zero-order valence-corrected chi connectivity index (χ0v) is 22.6. The number of aromatic nitrogens is 1. The molecule has 1 saturated heterocycles. The maximum atomic E-state index is 13.5. The molecule has 0 bridgehead atoms. The fourth-order valence-corrected chi connectivity index (χ4v) is 4.87. The Labute approximate surface area is 209 Å². The van der Waals surface area contributed by atoms with Crippen molar-refractivity contribution in [1.82, 2.24) is 8.87 Å². The van der Waals surface area contributed by atoms with Crippen LogP contribution in [0.25, 0.3) is 10.9 Å². The van der Waals surface area contributed by atoms with E-state index >= 15 is 0 Å². The number of hydrogen-bond acceptors (Lipinski definition) is 4. The molecule has 182 valence electrons. The SMILES string of the molecule is CC.CC.COc1ccc(Sn2cc(C(F)F)c3ccc(Br)cc32)cc1N1CCN(C)CC1. The normalized spacial score (nSPS) is 13.9. The summed E-state index contributed by atoms with van der Waals surface area (Å²) in [5, 5.41) is 0.573. The van der Waals surface area contributed by atoms with Crippen LogP contribution in [0.4, 0.5) is 14.5 Å². The smallest absolute Gasteiger partial charge is 0.265 e. The second kappa shape index (κ2) is 13.2. The maximum Gasteiger partial charge on any atom is 0.265 e. The van der Waals surface area contributed by atoms with Gasteiger partial charge in [0.2, 0.25) is 0 Å². The Hall–Kier alpha value is -1.77. The number of halogens is 3. The van der Waals surface area contributed by atoms with Gasteiger partial charge in [0.1, 0.15) is 5.75 Å². The fraction of sp³-hybridized carbons (Fsp3) is 0.440. The quantitative estimate of drug-likeness (QED) is 0.329. The van der Waals surface area contributed by atoms with Gasteiger partial charge >= 0.3 is 0 Å². The molecule has 0 spiro atoms. The van der Waals surface area contributed by atoms with Crippen molar-refractivity contribution in [2.75, 3.05) is 45.2 Å². The van der Waals surface area contributed by atoms with Gasteiger partial charge in [0.15, 0.2) is 0 Å². The van der Waals surface area contributed by atoms with Crippen LogP contribution in [-0.2, 0) is 0 Å². The van der Waals surface area contributed by atoms with Crippen LogP contribution in [0.3, 0.4) is 0 Å². The highest BCUT2D eigenvalue weighted by molar-refractivity contribution is 9.10. The zero-order chi connectivity index (χ0) is 24.5. The highest BCUT2D eigenvalue weighted by atomic mass is 79.9. The predicted octanol–water partition coefficient (Wildman–Crippen LogP) is 7.71. The monoisotopic (exact) mass is 541 g/mol. The van der Waals surface area contributed by atoms with Gasteiger partial charge in [-0.15, -0.1) is 0 Å². The number of nitrogens with zero attached hydrogens (tertiary/aromatic N) is 3. The van der Waals surface area contributed by atoms with Gasteiger partial charge in [-0.3, -0.25) is 3.97 Å². The first-order valence-corrected chi connectivity index (χ1v) is 12.9. The van der Waals surface area contributed by atoms with Gasteiger partial charge in [0, 0.05) is 52.7 Å². The third kappa shape index (κ3) is 6.64. The van der Waals surface area contributed by atoms with Gasteiger partial charge in [-0.25, -0.2) is 8.78 Å². The molecule has 33 heavy (non-hydrogen) atoms. The molecule has 0 amide bonds. The number of fused-ring (bicyclic) bond motifs is 1. The molecule has 2 heterocycles. The van der Waals surface area contributed by atoms with Crippen LogP contribution in [-0.4, -0.2) is 49.2 Å². The second-order valence-electron chi connectivity index (χ2n) is 7.09. The molecule has 8 heteroatoms. The number of anilines is 1. The summed E-state index contributed by atoms with van der Waals surface area (Å²) in [5.41, 5.74) is 1.85. The summed E-state index contributed by atoms with van der Waals surface area (Å²) < 4.78 is 35.3. The number of ether oxygens (including phenoxy) is 1. The average Bonchev–Trinajstić information content (AvgIpc) is 3.20. The van der Waals surface area contributed by atoms with Gasteiger partial charge in [0.05, 0.1) is 18.3 Å². The van der Waals surface area contributed by atoms with Crippen LogP contribution in [0.2, 0.25) is 0 Å². The number of benzene rings is 2. The summed E-state index contributed by atoms with van der Waals surface area (Å²) in [6.07, 6.45) is -0.982. The Bertz CT molecular complexity index is 1020. The number of methoxy groups -OCH3 is 1. The lowest BCUT2D eigenvalue weighted by molar-refractivity contribution is 0.153. The molecule has 1 aliphatic heterocycles. The van der Waals surface area contributed by atoms with Crippen molar-refractivity contribution < 1.29 is 13.5 Å². The van der Waals surface area contributed by atoms with E-state index in [1.54, 1.807) is 19.2 Å². The van der Waals surface area contributed by atoms with Gasteiger partial charge in [-0.1, -0.05) is 49.7 Å². The lowest BCUT2D eigenvalue weighted by Gasteiger charge is -2.34. The highest BCUT2D eigenvalue weighted by Gasteiger charge is 2.20. The summed E-state index contributed by atoms with van der Waals surface area (Å²) in [4.78, 5) is 5.59. The topological polar surface area (TPSA) is 20.6 Å². The molecule has 0 aliphatic carbocycles. The van der Waals surface area contributed by atoms with Gasteiger partial charge in [0.25, 0.3) is 6.43 Å². The summed E-state index contributed by atoms with van der Waals surface area (Å²) >= 11 is 4.88. The number of alkyl halides is 2. The molecular weight excluding hydrogens is 508 g/mol. The summed E-state index contributed by atoms with van der Waals surface area (Å²) in [6, 6.07) is 11.4. The molecule has 0 atom stereocenters. The molecule has 1 aromatic heterocycles. The van der Waals surface area contributed by atoms with E-state index in [1.807, 2.05) is 49.9 Å². The fourth-order valence-electron chi connectivity index (χ4n) is 3.58. The molecule has 1 aliphatic rings. The van der Waals surface area contributed by atoms with E-state index in [-0.39, 0.29) is 5.56 Å². The standard InChI is InChI=1S/C21H22BrF2N3OS.2C2H6/c1-25-7-9-26(10-8-25)19-12-15(4-6-20(19)28-2)29-27-13-17(21(23)24)16-5-3-14(22)11-18(16)27;2*1-2/h3-6,11-13,21H,7-10H2,1-2H3;2*1-2H3. The molecule has 3 aromatic rings. The lowest BCUT2D eigenvalue weighted by atomic mass is 10.2. The van der Waals surface area contributed by atoms with Gasteiger partial charge in [-0.2, -0.15) is 0 Å². The van der Waals surface area contributed by atoms with E-state index in [0.29, 0.717) is 5.39 Å². The molecule has 0 N–H and O–H groups in total. The summed E-state index contributed by atoms with van der Waals surface area (Å²) in [6.45, 7) is 11.8. The van der Waals surface area contributed by atoms with Crippen LogP contribution in [0.5, 0.6) is 5.75 Å². The first-order chi connectivity index (χ1) is 16.0. The number of rotatable bonds is 5. The molecule has 1 fully saturated rings. The van der Waals surface area contributed by atoms with Gasteiger partial charge < -0.3 is 14.5 Å². The van der Waals surface area contributed by atoms with E-state index in [4.69, 9.17) is 4.74 Å². The van der Waals surface area contributed by atoms with E-state index in [2.05, 4.69) is 38.8 Å². The Morgan fingerprint density at radius 1 is 0.970 bits per heavy atom. The third-order valence-corrected chi connectivity index (χ3v) is 6.65. The van der Waals surface area contributed by atoms with E-state index in [1.165, 1.54) is 18.1 Å². The number of hydrogen-bond donors (Lipinski definition) is 0. The molecule has 2 aromatic carbocycles. The van der Waals surface area contributed by atoms with Crippen molar-refractivity contribution in [2.24, 2.45) is 0 Å². The third-order valence-electron chi connectivity index (χ3n) is 5.20. The minimum Gasteiger partial charge on any atom is -0.495 e. The van der Waals surface area contributed by atoms with Crippen LogP contribution in [0.1, 0.15) is 39.7 Å². The predicted molar refractivity (Wildman–Crippen MR) is 141 cm³/mol. The van der Waals surface area contributed by atoms with Crippen LogP contribution < -0.4 is 9.64 Å². The number of likely N-dealkylation sites (N-methyl/N-ethyl adjacent to an activating group) is 1. The van der Waals surface area contributed by atoms with Crippen molar-refractivity contribution in [2.45, 2.75) is 39.0 Å². The lowest BCUT2D eigenvalue weighted by Crippen LogP contribution is -2.44.